The number of amides is 1. The Morgan fingerprint density at radius 2 is 2.08 bits per heavy atom. The van der Waals surface area contributed by atoms with E-state index in [2.05, 4.69) is 59.0 Å². The fourth-order valence-corrected chi connectivity index (χ4v) is 5.83. The number of thiophene rings is 1. The third-order valence-corrected chi connectivity index (χ3v) is 7.85. The standard InChI is InChI=1S/C29H29N3O3S/c1-20-10-12-32(30-20)13-11-28(33)31-14-15-34-29-23(19-31)17-22(27-7-4-16-36-27)18-26(29)35-25-9-8-21-5-2-3-6-24(21)25/h2-7,10,12,16-18,25H,8-9,11,13-15,19H2,1H3. The smallest absolute Gasteiger partial charge is 0.224 e. The zero-order valence-corrected chi connectivity index (χ0v) is 21.2. The lowest BCUT2D eigenvalue weighted by Gasteiger charge is -2.21. The van der Waals surface area contributed by atoms with Crippen LogP contribution in [0.2, 0.25) is 0 Å². The highest BCUT2D eigenvalue weighted by molar-refractivity contribution is 7.13. The lowest BCUT2D eigenvalue weighted by Crippen LogP contribution is -2.33. The number of ether oxygens (including phenoxy) is 2. The first-order valence-electron chi connectivity index (χ1n) is 12.5. The highest BCUT2D eigenvalue weighted by Gasteiger charge is 2.28. The molecule has 6 nitrogen and oxygen atoms in total. The first kappa shape index (κ1) is 22.9. The van der Waals surface area contributed by atoms with Crippen LogP contribution in [0.3, 0.4) is 0 Å². The van der Waals surface area contributed by atoms with Crippen LogP contribution in [0.15, 0.2) is 66.2 Å². The summed E-state index contributed by atoms with van der Waals surface area (Å²) >= 11 is 1.70. The molecule has 36 heavy (non-hydrogen) atoms. The van der Waals surface area contributed by atoms with E-state index in [0.29, 0.717) is 32.7 Å². The minimum absolute atomic E-state index is 0.00556. The van der Waals surface area contributed by atoms with Crippen LogP contribution in [0.5, 0.6) is 11.5 Å². The van der Waals surface area contributed by atoms with Gasteiger partial charge in [0, 0.05) is 36.1 Å². The van der Waals surface area contributed by atoms with E-state index < -0.39 is 0 Å². The number of hydrogen-bond donors (Lipinski definition) is 0. The minimum Gasteiger partial charge on any atom is -0.487 e. The van der Waals surface area contributed by atoms with Gasteiger partial charge in [0.15, 0.2) is 11.5 Å². The van der Waals surface area contributed by atoms with Gasteiger partial charge in [0.2, 0.25) is 5.91 Å². The van der Waals surface area contributed by atoms with Crippen molar-refractivity contribution in [2.75, 3.05) is 13.2 Å². The summed E-state index contributed by atoms with van der Waals surface area (Å²) in [6.45, 7) is 4.02. The zero-order valence-electron chi connectivity index (χ0n) is 20.4. The Balaban J connectivity index is 1.28. The quantitative estimate of drug-likeness (QED) is 0.337. The zero-order chi connectivity index (χ0) is 24.5. The molecule has 0 N–H and O–H groups in total. The molecule has 1 aliphatic heterocycles. The van der Waals surface area contributed by atoms with Gasteiger partial charge in [-0.1, -0.05) is 30.3 Å². The number of aromatic nitrogens is 2. The summed E-state index contributed by atoms with van der Waals surface area (Å²) in [6, 6.07) is 18.9. The van der Waals surface area contributed by atoms with Crippen LogP contribution >= 0.6 is 11.3 Å². The summed E-state index contributed by atoms with van der Waals surface area (Å²) in [7, 11) is 0. The molecule has 2 aromatic carbocycles. The van der Waals surface area contributed by atoms with E-state index in [0.717, 1.165) is 41.2 Å². The Morgan fingerprint density at radius 1 is 1.17 bits per heavy atom. The highest BCUT2D eigenvalue weighted by atomic mass is 32.1. The van der Waals surface area contributed by atoms with E-state index in [1.54, 1.807) is 11.3 Å². The molecule has 0 bridgehead atoms. The second-order valence-electron chi connectivity index (χ2n) is 9.42. The summed E-state index contributed by atoms with van der Waals surface area (Å²) in [5, 5.41) is 6.49. The van der Waals surface area contributed by atoms with Crippen molar-refractivity contribution in [3.8, 4) is 21.9 Å². The fourth-order valence-electron chi connectivity index (χ4n) is 5.12. The first-order valence-corrected chi connectivity index (χ1v) is 13.4. The molecule has 7 heteroatoms. The van der Waals surface area contributed by atoms with Crippen LogP contribution < -0.4 is 9.47 Å². The summed E-state index contributed by atoms with van der Waals surface area (Å²) in [6.07, 6.45) is 4.30. The van der Waals surface area contributed by atoms with Crippen LogP contribution in [0.4, 0.5) is 0 Å². The molecular formula is C29H29N3O3S. The van der Waals surface area contributed by atoms with Crippen molar-refractivity contribution in [2.24, 2.45) is 0 Å². The molecule has 6 rings (SSSR count). The molecular weight excluding hydrogens is 470 g/mol. The third kappa shape index (κ3) is 4.63. The topological polar surface area (TPSA) is 56.6 Å². The summed E-state index contributed by atoms with van der Waals surface area (Å²) in [5.74, 6) is 1.63. The number of hydrogen-bond acceptors (Lipinski definition) is 5. The molecule has 0 saturated carbocycles. The van der Waals surface area contributed by atoms with Gasteiger partial charge >= 0.3 is 0 Å². The molecule has 0 saturated heterocycles. The monoisotopic (exact) mass is 499 g/mol. The van der Waals surface area contributed by atoms with E-state index in [9.17, 15) is 4.79 Å². The molecule has 1 amide bonds. The second-order valence-corrected chi connectivity index (χ2v) is 10.4. The molecule has 4 aromatic rings. The maximum Gasteiger partial charge on any atom is 0.224 e. The van der Waals surface area contributed by atoms with Crippen molar-refractivity contribution in [1.29, 1.82) is 0 Å². The van der Waals surface area contributed by atoms with Crippen molar-refractivity contribution >= 4 is 17.2 Å². The SMILES string of the molecule is Cc1ccn(CCC(=O)N2CCOc3c(cc(-c4cccs4)cc3OC3CCc4ccccc43)C2)n1. The first-order chi connectivity index (χ1) is 17.6. The molecule has 2 aromatic heterocycles. The van der Waals surface area contributed by atoms with E-state index in [-0.39, 0.29) is 12.0 Å². The van der Waals surface area contributed by atoms with E-state index in [4.69, 9.17) is 9.47 Å². The molecule has 0 radical (unpaired) electrons. The lowest BCUT2D eigenvalue weighted by molar-refractivity contribution is -0.132. The number of carbonyl (C=O) groups excluding carboxylic acids is 1. The van der Waals surface area contributed by atoms with E-state index in [1.807, 2.05) is 28.8 Å². The molecule has 1 aliphatic carbocycles. The normalized spacial score (nSPS) is 16.7. The van der Waals surface area contributed by atoms with E-state index in [1.165, 1.54) is 16.0 Å². The predicted octanol–water partition coefficient (Wildman–Crippen LogP) is 5.80. The van der Waals surface area contributed by atoms with Crippen LogP contribution in [-0.2, 0) is 24.3 Å². The third-order valence-electron chi connectivity index (χ3n) is 6.93. The van der Waals surface area contributed by atoms with Gasteiger partial charge in [0.25, 0.3) is 0 Å². The lowest BCUT2D eigenvalue weighted by atomic mass is 10.1. The Morgan fingerprint density at radius 3 is 2.92 bits per heavy atom. The maximum absolute atomic E-state index is 13.2. The Labute approximate surface area is 215 Å². The maximum atomic E-state index is 13.2. The van der Waals surface area contributed by atoms with Crippen LogP contribution in [-0.4, -0.2) is 33.7 Å². The van der Waals surface area contributed by atoms with Crippen molar-refractivity contribution in [2.45, 2.75) is 45.4 Å². The Kier molecular flexibility index (Phi) is 6.23. The van der Waals surface area contributed by atoms with Crippen molar-refractivity contribution in [3.63, 3.8) is 0 Å². The number of rotatable bonds is 6. The largest absolute Gasteiger partial charge is 0.487 e. The van der Waals surface area contributed by atoms with Gasteiger partial charge in [0.1, 0.15) is 12.7 Å². The van der Waals surface area contributed by atoms with Gasteiger partial charge in [-0.05, 0) is 66.1 Å². The van der Waals surface area contributed by atoms with Crippen LogP contribution in [0.25, 0.3) is 10.4 Å². The van der Waals surface area contributed by atoms with Crippen molar-refractivity contribution in [1.82, 2.24) is 14.7 Å². The minimum atomic E-state index is 0.00556. The summed E-state index contributed by atoms with van der Waals surface area (Å²) in [5.41, 5.74) is 5.65. The van der Waals surface area contributed by atoms with Crippen LogP contribution in [0, 0.1) is 6.92 Å². The van der Waals surface area contributed by atoms with Gasteiger partial charge in [0.05, 0.1) is 12.2 Å². The van der Waals surface area contributed by atoms with Crippen molar-refractivity contribution < 1.29 is 14.3 Å². The van der Waals surface area contributed by atoms with E-state index >= 15 is 0 Å². The Hall–Kier alpha value is -3.58. The summed E-state index contributed by atoms with van der Waals surface area (Å²) in [4.78, 5) is 16.2. The molecule has 0 fully saturated rings. The van der Waals surface area contributed by atoms with Gasteiger partial charge in [-0.25, -0.2) is 0 Å². The predicted molar refractivity (Wildman–Crippen MR) is 140 cm³/mol. The molecule has 1 atom stereocenters. The number of benzene rings is 2. The average Bonchev–Trinajstić information content (AvgIpc) is 3.62. The molecule has 0 spiro atoms. The molecule has 3 heterocycles. The van der Waals surface area contributed by atoms with Crippen LogP contribution in [0.1, 0.15) is 41.3 Å². The second kappa shape index (κ2) is 9.82. The van der Waals surface area contributed by atoms with Gasteiger partial charge in [-0.3, -0.25) is 9.48 Å². The average molecular weight is 500 g/mol. The number of carbonyl (C=O) groups is 1. The fraction of sp³-hybridized carbons (Fsp3) is 0.310. The van der Waals surface area contributed by atoms with Crippen molar-refractivity contribution in [3.05, 3.63) is 88.6 Å². The number of aryl methyl sites for hydroxylation is 3. The van der Waals surface area contributed by atoms with Gasteiger partial charge < -0.3 is 14.4 Å². The molecule has 1 unspecified atom stereocenters. The number of nitrogens with zero attached hydrogens (tertiary/aromatic N) is 3. The highest BCUT2D eigenvalue weighted by Crippen LogP contribution is 2.43. The summed E-state index contributed by atoms with van der Waals surface area (Å²) < 4.78 is 14.8. The van der Waals surface area contributed by atoms with Gasteiger partial charge in [-0.2, -0.15) is 5.10 Å². The Bertz CT molecular complexity index is 1380. The molecule has 2 aliphatic rings. The van der Waals surface area contributed by atoms with Gasteiger partial charge in [-0.15, -0.1) is 11.3 Å². The number of fused-ring (bicyclic) bond motifs is 2. The molecule has 184 valence electrons.